The molecule has 0 aliphatic heterocycles. The minimum Gasteiger partial charge on any atom is -0.454 e. The zero-order valence-corrected chi connectivity index (χ0v) is 12.5. The predicted molar refractivity (Wildman–Crippen MR) is 81.2 cm³/mol. The van der Waals surface area contributed by atoms with Gasteiger partial charge >= 0.3 is 0 Å². The van der Waals surface area contributed by atoms with E-state index in [0.29, 0.717) is 11.3 Å². The summed E-state index contributed by atoms with van der Waals surface area (Å²) in [6, 6.07) is 10.5. The molecule has 0 amide bonds. The number of hydrogen-bond donors (Lipinski definition) is 1. The van der Waals surface area contributed by atoms with E-state index in [1.807, 2.05) is 19.1 Å². The molecule has 0 saturated heterocycles. The van der Waals surface area contributed by atoms with Crippen LogP contribution in [0.5, 0.6) is 11.5 Å². The van der Waals surface area contributed by atoms with Crippen LogP contribution in [0.4, 0.5) is 4.39 Å². The second-order valence-electron chi connectivity index (χ2n) is 4.02. The molecule has 2 nitrogen and oxygen atoms in total. The predicted octanol–water partition coefficient (Wildman–Crippen LogP) is 4.32. The van der Waals surface area contributed by atoms with Gasteiger partial charge in [0, 0.05) is 5.56 Å². The third kappa shape index (κ3) is 3.11. The summed E-state index contributed by atoms with van der Waals surface area (Å²) in [6.45, 7) is 1.97. The maximum absolute atomic E-state index is 14.1. The molecule has 0 aliphatic carbocycles. The SMILES string of the molecule is Cc1ccc(Oc2ccc(C(N)=S)c(Br)c2F)cc1. The van der Waals surface area contributed by atoms with Crippen LogP contribution in [0.3, 0.4) is 0 Å². The fraction of sp³-hybridized carbons (Fsp3) is 0.0714. The molecule has 0 aromatic heterocycles. The molecule has 0 fully saturated rings. The maximum Gasteiger partial charge on any atom is 0.180 e. The number of nitrogens with two attached hydrogens (primary N) is 1. The van der Waals surface area contributed by atoms with E-state index in [-0.39, 0.29) is 15.2 Å². The highest BCUT2D eigenvalue weighted by Gasteiger charge is 2.14. The fourth-order valence-electron chi connectivity index (χ4n) is 1.53. The summed E-state index contributed by atoms with van der Waals surface area (Å²) < 4.78 is 19.8. The third-order valence-corrected chi connectivity index (χ3v) is 3.56. The molecule has 5 heteroatoms. The second-order valence-corrected chi connectivity index (χ2v) is 5.25. The number of hydrogen-bond acceptors (Lipinski definition) is 2. The Morgan fingerprint density at radius 2 is 1.84 bits per heavy atom. The molecule has 0 heterocycles. The van der Waals surface area contributed by atoms with E-state index >= 15 is 0 Å². The molecule has 98 valence electrons. The third-order valence-electron chi connectivity index (χ3n) is 2.56. The van der Waals surface area contributed by atoms with E-state index in [4.69, 9.17) is 22.7 Å². The van der Waals surface area contributed by atoms with Gasteiger partial charge in [0.1, 0.15) is 10.7 Å². The first-order valence-corrected chi connectivity index (χ1v) is 6.71. The first-order chi connectivity index (χ1) is 8.99. The normalized spacial score (nSPS) is 10.3. The molecule has 2 rings (SSSR count). The Morgan fingerprint density at radius 3 is 2.42 bits per heavy atom. The minimum absolute atomic E-state index is 0.121. The van der Waals surface area contributed by atoms with Gasteiger partial charge in [-0.25, -0.2) is 4.39 Å². The molecule has 0 aliphatic rings. The largest absolute Gasteiger partial charge is 0.454 e. The van der Waals surface area contributed by atoms with Crippen molar-refractivity contribution in [1.29, 1.82) is 0 Å². The van der Waals surface area contributed by atoms with Crippen LogP contribution in [0, 0.1) is 12.7 Å². The van der Waals surface area contributed by atoms with Crippen molar-refractivity contribution in [2.75, 3.05) is 0 Å². The van der Waals surface area contributed by atoms with Crippen molar-refractivity contribution >= 4 is 33.1 Å². The average molecular weight is 340 g/mol. The molecule has 0 radical (unpaired) electrons. The Balaban J connectivity index is 2.34. The van der Waals surface area contributed by atoms with Crippen molar-refractivity contribution in [3.63, 3.8) is 0 Å². The average Bonchev–Trinajstić information content (AvgIpc) is 2.37. The smallest absolute Gasteiger partial charge is 0.180 e. The van der Waals surface area contributed by atoms with Crippen molar-refractivity contribution in [3.8, 4) is 11.5 Å². The van der Waals surface area contributed by atoms with Crippen LogP contribution in [0.2, 0.25) is 0 Å². The number of thiocarbonyl (C=S) groups is 1. The van der Waals surface area contributed by atoms with Gasteiger partial charge in [0.15, 0.2) is 11.6 Å². The first kappa shape index (κ1) is 14.0. The molecule has 2 aromatic rings. The second kappa shape index (κ2) is 5.67. The van der Waals surface area contributed by atoms with Crippen molar-refractivity contribution < 1.29 is 9.13 Å². The minimum atomic E-state index is -0.522. The monoisotopic (exact) mass is 339 g/mol. The van der Waals surface area contributed by atoms with Crippen LogP contribution in [0.1, 0.15) is 11.1 Å². The summed E-state index contributed by atoms with van der Waals surface area (Å²) >= 11 is 7.97. The lowest BCUT2D eigenvalue weighted by Crippen LogP contribution is -2.11. The Hall–Kier alpha value is -1.46. The summed E-state index contributed by atoms with van der Waals surface area (Å²) in [6.07, 6.45) is 0. The number of halogens is 2. The lowest BCUT2D eigenvalue weighted by Gasteiger charge is -2.10. The molecule has 0 saturated carbocycles. The van der Waals surface area contributed by atoms with Gasteiger partial charge in [-0.1, -0.05) is 29.9 Å². The molecule has 0 unspecified atom stereocenters. The van der Waals surface area contributed by atoms with E-state index in [1.165, 1.54) is 6.07 Å². The highest BCUT2D eigenvalue weighted by Crippen LogP contribution is 2.31. The van der Waals surface area contributed by atoms with Gasteiger partial charge in [-0.2, -0.15) is 0 Å². The molecular formula is C14H11BrFNOS. The summed E-state index contributed by atoms with van der Waals surface area (Å²) in [4.78, 5) is 0.132. The Morgan fingerprint density at radius 1 is 1.21 bits per heavy atom. The van der Waals surface area contributed by atoms with E-state index in [9.17, 15) is 4.39 Å². The van der Waals surface area contributed by atoms with Gasteiger partial charge in [0.25, 0.3) is 0 Å². The Labute approximate surface area is 124 Å². The molecule has 0 atom stereocenters. The molecule has 0 spiro atoms. The lowest BCUT2D eigenvalue weighted by molar-refractivity contribution is 0.440. The Kier molecular flexibility index (Phi) is 4.17. The zero-order valence-electron chi connectivity index (χ0n) is 10.1. The number of ether oxygens (including phenoxy) is 1. The highest BCUT2D eigenvalue weighted by atomic mass is 79.9. The van der Waals surface area contributed by atoms with Crippen LogP contribution in [-0.4, -0.2) is 4.99 Å². The van der Waals surface area contributed by atoms with Crippen molar-refractivity contribution in [1.82, 2.24) is 0 Å². The molecule has 0 bridgehead atoms. The van der Waals surface area contributed by atoms with E-state index in [1.54, 1.807) is 18.2 Å². The number of aryl methyl sites for hydroxylation is 1. The maximum atomic E-state index is 14.1. The number of benzene rings is 2. The zero-order chi connectivity index (χ0) is 14.0. The van der Waals surface area contributed by atoms with Crippen molar-refractivity contribution in [2.24, 2.45) is 5.73 Å². The van der Waals surface area contributed by atoms with Gasteiger partial charge in [-0.3, -0.25) is 0 Å². The molecular weight excluding hydrogens is 329 g/mol. The van der Waals surface area contributed by atoms with Crippen LogP contribution < -0.4 is 10.5 Å². The van der Waals surface area contributed by atoms with Crippen LogP contribution in [0.15, 0.2) is 40.9 Å². The van der Waals surface area contributed by atoms with Gasteiger partial charge in [-0.05, 0) is 47.1 Å². The Bertz CT molecular complexity index is 628. The van der Waals surface area contributed by atoms with Gasteiger partial charge in [0.2, 0.25) is 0 Å². The van der Waals surface area contributed by atoms with Gasteiger partial charge in [-0.15, -0.1) is 0 Å². The number of rotatable bonds is 3. The highest BCUT2D eigenvalue weighted by molar-refractivity contribution is 9.10. The van der Waals surface area contributed by atoms with E-state index in [2.05, 4.69) is 15.9 Å². The summed E-state index contributed by atoms with van der Waals surface area (Å²) in [5, 5.41) is 0. The molecule has 2 aromatic carbocycles. The summed E-state index contributed by atoms with van der Waals surface area (Å²) in [7, 11) is 0. The van der Waals surface area contributed by atoms with Crippen LogP contribution in [-0.2, 0) is 0 Å². The molecule has 19 heavy (non-hydrogen) atoms. The summed E-state index contributed by atoms with van der Waals surface area (Å²) in [5.41, 5.74) is 7.05. The quantitative estimate of drug-likeness (QED) is 0.845. The van der Waals surface area contributed by atoms with Gasteiger partial charge < -0.3 is 10.5 Å². The fourth-order valence-corrected chi connectivity index (χ4v) is 2.38. The standard InChI is InChI=1S/C14H11BrFNOS/c1-8-2-4-9(5-3-8)18-11-7-6-10(14(17)19)12(15)13(11)16/h2-7H,1H3,(H2,17,19). The van der Waals surface area contributed by atoms with E-state index in [0.717, 1.165) is 5.56 Å². The van der Waals surface area contributed by atoms with Crippen LogP contribution >= 0.6 is 28.1 Å². The van der Waals surface area contributed by atoms with Gasteiger partial charge in [0.05, 0.1) is 4.47 Å². The van der Waals surface area contributed by atoms with Crippen LogP contribution in [0.25, 0.3) is 0 Å². The lowest BCUT2D eigenvalue weighted by atomic mass is 10.2. The van der Waals surface area contributed by atoms with E-state index < -0.39 is 5.82 Å². The topological polar surface area (TPSA) is 35.2 Å². The van der Waals surface area contributed by atoms with Crippen molar-refractivity contribution in [3.05, 3.63) is 57.8 Å². The van der Waals surface area contributed by atoms with Crippen molar-refractivity contribution in [2.45, 2.75) is 6.92 Å². The molecule has 2 N–H and O–H groups in total. The first-order valence-electron chi connectivity index (χ1n) is 5.51. The summed E-state index contributed by atoms with van der Waals surface area (Å²) in [5.74, 6) is 0.168.